The highest BCUT2D eigenvalue weighted by Crippen LogP contribution is 2.18. The van der Waals surface area contributed by atoms with E-state index in [0.717, 1.165) is 5.56 Å². The van der Waals surface area contributed by atoms with Gasteiger partial charge in [0, 0.05) is 39.1 Å². The van der Waals surface area contributed by atoms with Crippen molar-refractivity contribution in [1.29, 1.82) is 0 Å². The molecule has 1 aromatic rings. The van der Waals surface area contributed by atoms with Gasteiger partial charge in [-0.25, -0.2) is 8.42 Å². The molecule has 0 aromatic heterocycles. The average molecular weight is 311 g/mol. The molecule has 1 aliphatic rings. The van der Waals surface area contributed by atoms with Crippen LogP contribution >= 0.6 is 0 Å². The van der Waals surface area contributed by atoms with Crippen LogP contribution in [0.25, 0.3) is 0 Å². The number of hydrogen-bond acceptors (Lipinski definition) is 4. The van der Waals surface area contributed by atoms with Gasteiger partial charge in [0.25, 0.3) is 0 Å². The number of sulfonamides is 1. The molecule has 1 fully saturated rings. The highest BCUT2D eigenvalue weighted by atomic mass is 32.2. The van der Waals surface area contributed by atoms with E-state index in [1.807, 2.05) is 6.92 Å². The second-order valence-electron chi connectivity index (χ2n) is 5.14. The molecule has 0 bridgehead atoms. The summed E-state index contributed by atoms with van der Waals surface area (Å²) in [6, 6.07) is 6.81. The number of amides is 1. The van der Waals surface area contributed by atoms with Crippen molar-refractivity contribution < 1.29 is 13.2 Å². The molecule has 1 saturated heterocycles. The van der Waals surface area contributed by atoms with Crippen molar-refractivity contribution in [3.8, 4) is 0 Å². The Labute approximate surface area is 125 Å². The van der Waals surface area contributed by atoms with Crippen LogP contribution in [0.5, 0.6) is 0 Å². The third kappa shape index (κ3) is 3.61. The van der Waals surface area contributed by atoms with Crippen LogP contribution in [0.3, 0.4) is 0 Å². The van der Waals surface area contributed by atoms with E-state index in [4.69, 9.17) is 5.73 Å². The highest BCUT2D eigenvalue weighted by Gasteiger charge is 2.29. The zero-order valence-electron chi connectivity index (χ0n) is 12.2. The van der Waals surface area contributed by atoms with Gasteiger partial charge in [-0.05, 0) is 19.1 Å². The third-order valence-electron chi connectivity index (χ3n) is 3.61. The Balaban J connectivity index is 2.04. The summed E-state index contributed by atoms with van der Waals surface area (Å²) >= 11 is 0. The number of carbonyl (C=O) groups is 1. The average Bonchev–Trinajstić information content (AvgIpc) is 2.48. The summed E-state index contributed by atoms with van der Waals surface area (Å²) < 4.78 is 26.4. The van der Waals surface area contributed by atoms with Crippen molar-refractivity contribution in [2.45, 2.75) is 18.2 Å². The molecule has 1 aromatic carbocycles. The molecule has 0 unspecified atom stereocenters. The van der Waals surface area contributed by atoms with Crippen LogP contribution < -0.4 is 5.73 Å². The molecule has 2 rings (SSSR count). The Bertz CT molecular complexity index is 590. The van der Waals surface area contributed by atoms with Gasteiger partial charge in [0.05, 0.1) is 4.90 Å². The summed E-state index contributed by atoms with van der Waals surface area (Å²) in [6.45, 7) is 3.73. The van der Waals surface area contributed by atoms with Crippen LogP contribution in [0.15, 0.2) is 29.2 Å². The summed E-state index contributed by atoms with van der Waals surface area (Å²) in [6.07, 6.45) is 0.310. The fraction of sp³-hybridized carbons (Fsp3) is 0.500. The minimum absolute atomic E-state index is 0.00937. The Morgan fingerprint density at radius 1 is 1.14 bits per heavy atom. The molecule has 2 N–H and O–H groups in total. The van der Waals surface area contributed by atoms with Gasteiger partial charge < -0.3 is 10.6 Å². The fourth-order valence-electron chi connectivity index (χ4n) is 2.32. The third-order valence-corrected chi connectivity index (χ3v) is 5.52. The van der Waals surface area contributed by atoms with E-state index >= 15 is 0 Å². The van der Waals surface area contributed by atoms with E-state index in [1.165, 1.54) is 4.31 Å². The first-order chi connectivity index (χ1) is 9.95. The van der Waals surface area contributed by atoms with E-state index in [0.29, 0.717) is 44.0 Å². The molecule has 1 aliphatic heterocycles. The van der Waals surface area contributed by atoms with Crippen molar-refractivity contribution >= 4 is 15.9 Å². The highest BCUT2D eigenvalue weighted by molar-refractivity contribution is 7.89. The number of piperazine rings is 1. The number of nitrogens with two attached hydrogens (primary N) is 1. The smallest absolute Gasteiger partial charge is 0.243 e. The number of rotatable bonds is 4. The number of aryl methyl sites for hydroxylation is 1. The number of carbonyl (C=O) groups excluding carboxylic acids is 1. The van der Waals surface area contributed by atoms with Crippen molar-refractivity contribution in [3.05, 3.63) is 29.8 Å². The fourth-order valence-corrected chi connectivity index (χ4v) is 3.74. The standard InChI is InChI=1S/C14H21N3O3S/c1-12-2-4-13(5-3-12)21(19,20)17-10-8-16(9-11-17)14(18)6-7-15/h2-5H,6-11,15H2,1H3. The molecule has 1 amide bonds. The maximum atomic E-state index is 12.5. The van der Waals surface area contributed by atoms with E-state index < -0.39 is 10.0 Å². The van der Waals surface area contributed by atoms with Crippen LogP contribution in [-0.2, 0) is 14.8 Å². The molecule has 0 spiro atoms. The quantitative estimate of drug-likeness (QED) is 0.859. The first-order valence-electron chi connectivity index (χ1n) is 7.00. The van der Waals surface area contributed by atoms with Gasteiger partial charge in [-0.15, -0.1) is 0 Å². The minimum Gasteiger partial charge on any atom is -0.340 e. The summed E-state index contributed by atoms with van der Waals surface area (Å²) in [4.78, 5) is 13.7. The lowest BCUT2D eigenvalue weighted by Gasteiger charge is -2.34. The number of nitrogens with zero attached hydrogens (tertiary/aromatic N) is 2. The van der Waals surface area contributed by atoms with Gasteiger partial charge in [-0.2, -0.15) is 4.31 Å². The van der Waals surface area contributed by atoms with Crippen LogP contribution in [0.4, 0.5) is 0 Å². The second-order valence-corrected chi connectivity index (χ2v) is 7.07. The molecule has 0 saturated carbocycles. The van der Waals surface area contributed by atoms with Gasteiger partial charge in [0.2, 0.25) is 15.9 Å². The van der Waals surface area contributed by atoms with Gasteiger partial charge >= 0.3 is 0 Å². The molecule has 0 aliphatic carbocycles. The normalized spacial score (nSPS) is 17.0. The predicted octanol–water partition coefficient (Wildman–Crippen LogP) is 0.177. The van der Waals surface area contributed by atoms with Crippen LogP contribution in [0.1, 0.15) is 12.0 Å². The molecule has 0 radical (unpaired) electrons. The second kappa shape index (κ2) is 6.55. The molecular weight excluding hydrogens is 290 g/mol. The van der Waals surface area contributed by atoms with Crippen LogP contribution in [0.2, 0.25) is 0 Å². The van der Waals surface area contributed by atoms with Crippen molar-refractivity contribution in [1.82, 2.24) is 9.21 Å². The molecule has 7 heteroatoms. The molecule has 116 valence electrons. The van der Waals surface area contributed by atoms with Crippen molar-refractivity contribution in [2.75, 3.05) is 32.7 Å². The molecule has 21 heavy (non-hydrogen) atoms. The van der Waals surface area contributed by atoms with Crippen LogP contribution in [-0.4, -0.2) is 56.3 Å². The lowest BCUT2D eigenvalue weighted by atomic mass is 10.2. The van der Waals surface area contributed by atoms with E-state index in [2.05, 4.69) is 0 Å². The summed E-state index contributed by atoms with van der Waals surface area (Å²) in [7, 11) is -3.47. The van der Waals surface area contributed by atoms with Gasteiger partial charge in [0.1, 0.15) is 0 Å². The Morgan fingerprint density at radius 2 is 1.71 bits per heavy atom. The molecule has 0 atom stereocenters. The zero-order chi connectivity index (χ0) is 15.5. The van der Waals surface area contributed by atoms with Crippen molar-refractivity contribution in [2.24, 2.45) is 5.73 Å². The van der Waals surface area contributed by atoms with Gasteiger partial charge in [-0.1, -0.05) is 17.7 Å². The van der Waals surface area contributed by atoms with E-state index in [9.17, 15) is 13.2 Å². The Morgan fingerprint density at radius 3 is 2.24 bits per heavy atom. The number of hydrogen-bond donors (Lipinski definition) is 1. The maximum Gasteiger partial charge on any atom is 0.243 e. The van der Waals surface area contributed by atoms with Crippen LogP contribution in [0, 0.1) is 6.92 Å². The maximum absolute atomic E-state index is 12.5. The van der Waals surface area contributed by atoms with Gasteiger partial charge in [-0.3, -0.25) is 4.79 Å². The van der Waals surface area contributed by atoms with E-state index in [1.54, 1.807) is 29.2 Å². The van der Waals surface area contributed by atoms with Gasteiger partial charge in [0.15, 0.2) is 0 Å². The SMILES string of the molecule is Cc1ccc(S(=O)(=O)N2CCN(C(=O)CCN)CC2)cc1. The Hall–Kier alpha value is -1.44. The minimum atomic E-state index is -3.47. The molecule has 1 heterocycles. The summed E-state index contributed by atoms with van der Waals surface area (Å²) in [5, 5.41) is 0. The molecular formula is C14H21N3O3S. The first-order valence-corrected chi connectivity index (χ1v) is 8.44. The largest absolute Gasteiger partial charge is 0.340 e. The van der Waals surface area contributed by atoms with Crippen molar-refractivity contribution in [3.63, 3.8) is 0 Å². The number of benzene rings is 1. The zero-order valence-corrected chi connectivity index (χ0v) is 13.0. The first kappa shape index (κ1) is 15.9. The topological polar surface area (TPSA) is 83.7 Å². The monoisotopic (exact) mass is 311 g/mol. The predicted molar refractivity (Wildman–Crippen MR) is 80.2 cm³/mol. The Kier molecular flexibility index (Phi) is 4.97. The van der Waals surface area contributed by atoms with E-state index in [-0.39, 0.29) is 5.91 Å². The molecule has 6 nitrogen and oxygen atoms in total. The lowest BCUT2D eigenvalue weighted by Crippen LogP contribution is -2.50. The lowest BCUT2D eigenvalue weighted by molar-refractivity contribution is -0.132. The summed E-state index contributed by atoms with van der Waals surface area (Å²) in [5.41, 5.74) is 6.39. The summed E-state index contributed by atoms with van der Waals surface area (Å²) in [5.74, 6) is -0.00937.